The maximum absolute atomic E-state index is 11.5. The Morgan fingerprint density at radius 3 is 2.43 bits per heavy atom. The van der Waals surface area contributed by atoms with Crippen molar-refractivity contribution in [1.29, 1.82) is 0 Å². The molecule has 0 saturated carbocycles. The van der Waals surface area contributed by atoms with Crippen LogP contribution in [0.1, 0.15) is 16.7 Å². The molecule has 0 bridgehead atoms. The Balaban J connectivity index is 2.15. The number of rotatable bonds is 5. The molecule has 110 valence electrons. The van der Waals surface area contributed by atoms with Crippen molar-refractivity contribution in [2.24, 2.45) is 0 Å². The number of carboxylic acid groups (broad SMARTS) is 1. The van der Waals surface area contributed by atoms with Gasteiger partial charge in [-0.1, -0.05) is 35.4 Å². The van der Waals surface area contributed by atoms with Gasteiger partial charge in [-0.2, -0.15) is 0 Å². The monoisotopic (exact) mass is 320 g/mol. The van der Waals surface area contributed by atoms with Gasteiger partial charge in [0.25, 0.3) is 0 Å². The summed E-state index contributed by atoms with van der Waals surface area (Å²) in [5.41, 5.74) is 3.40. The third-order valence-corrected chi connectivity index (χ3v) is 4.72. The quantitative estimate of drug-likeness (QED) is 0.808. The van der Waals surface area contributed by atoms with Crippen LogP contribution in [0.2, 0.25) is 5.02 Å². The predicted molar refractivity (Wildman–Crippen MR) is 88.4 cm³/mol. The molecule has 0 aliphatic carbocycles. The summed E-state index contributed by atoms with van der Waals surface area (Å²) in [7, 11) is 0. The summed E-state index contributed by atoms with van der Waals surface area (Å²) in [6.07, 6.45) is 0.509. The highest BCUT2D eigenvalue weighted by Gasteiger charge is 2.20. The molecule has 2 nitrogen and oxygen atoms in total. The van der Waals surface area contributed by atoms with E-state index in [1.807, 2.05) is 38.1 Å². The molecule has 0 aliphatic heterocycles. The molecule has 0 fully saturated rings. The summed E-state index contributed by atoms with van der Waals surface area (Å²) >= 11 is 7.21. The van der Waals surface area contributed by atoms with Gasteiger partial charge in [-0.15, -0.1) is 11.8 Å². The van der Waals surface area contributed by atoms with E-state index in [0.29, 0.717) is 11.4 Å². The fraction of sp³-hybridized carbons (Fsp3) is 0.235. The molecular weight excluding hydrogens is 304 g/mol. The van der Waals surface area contributed by atoms with Crippen molar-refractivity contribution in [3.05, 3.63) is 64.2 Å². The molecule has 0 amide bonds. The molecule has 21 heavy (non-hydrogen) atoms. The molecule has 0 aromatic heterocycles. The van der Waals surface area contributed by atoms with Crippen molar-refractivity contribution >= 4 is 29.3 Å². The maximum Gasteiger partial charge on any atom is 0.317 e. The molecule has 1 atom stereocenters. The van der Waals surface area contributed by atoms with Crippen LogP contribution in [0, 0.1) is 13.8 Å². The molecule has 4 heteroatoms. The van der Waals surface area contributed by atoms with Crippen LogP contribution in [0.15, 0.2) is 47.4 Å². The van der Waals surface area contributed by atoms with Crippen LogP contribution in [-0.2, 0) is 11.2 Å². The van der Waals surface area contributed by atoms with Crippen LogP contribution in [0.25, 0.3) is 0 Å². The summed E-state index contributed by atoms with van der Waals surface area (Å²) in [4.78, 5) is 12.4. The lowest BCUT2D eigenvalue weighted by Crippen LogP contribution is -2.19. The average Bonchev–Trinajstić information content (AvgIpc) is 2.43. The third kappa shape index (κ3) is 4.51. The smallest absolute Gasteiger partial charge is 0.317 e. The Kier molecular flexibility index (Phi) is 5.32. The van der Waals surface area contributed by atoms with Crippen LogP contribution >= 0.6 is 23.4 Å². The van der Waals surface area contributed by atoms with E-state index in [0.717, 1.165) is 16.0 Å². The SMILES string of the molecule is Cc1ccc(C[C@@H](Sc2ccc(Cl)cc2)C(=O)O)c(C)c1. The summed E-state index contributed by atoms with van der Waals surface area (Å²) in [5, 5.41) is 9.60. The molecule has 0 aliphatic rings. The normalized spacial score (nSPS) is 12.1. The number of benzene rings is 2. The Labute approximate surface area is 134 Å². The van der Waals surface area contributed by atoms with Gasteiger partial charge in [-0.3, -0.25) is 4.79 Å². The second kappa shape index (κ2) is 7.01. The first-order valence-corrected chi connectivity index (χ1v) is 7.92. The first-order valence-electron chi connectivity index (χ1n) is 6.67. The molecule has 0 heterocycles. The molecule has 1 N–H and O–H groups in total. The fourth-order valence-electron chi connectivity index (χ4n) is 2.13. The van der Waals surface area contributed by atoms with E-state index in [-0.39, 0.29) is 0 Å². The van der Waals surface area contributed by atoms with Crippen molar-refractivity contribution in [2.45, 2.75) is 30.4 Å². The number of hydrogen-bond donors (Lipinski definition) is 1. The summed E-state index contributed by atoms with van der Waals surface area (Å²) in [6.45, 7) is 4.06. The Bertz CT molecular complexity index is 638. The van der Waals surface area contributed by atoms with Gasteiger partial charge < -0.3 is 5.11 Å². The van der Waals surface area contributed by atoms with Crippen molar-refractivity contribution in [2.75, 3.05) is 0 Å². The Morgan fingerprint density at radius 2 is 1.86 bits per heavy atom. The lowest BCUT2D eigenvalue weighted by atomic mass is 10.0. The number of carbonyl (C=O) groups is 1. The van der Waals surface area contributed by atoms with Gasteiger partial charge in [0.05, 0.1) is 0 Å². The van der Waals surface area contributed by atoms with E-state index >= 15 is 0 Å². The van der Waals surface area contributed by atoms with E-state index in [4.69, 9.17) is 11.6 Å². The number of hydrogen-bond acceptors (Lipinski definition) is 2. The van der Waals surface area contributed by atoms with Gasteiger partial charge >= 0.3 is 5.97 Å². The fourth-order valence-corrected chi connectivity index (χ4v) is 3.24. The number of carboxylic acids is 1. The largest absolute Gasteiger partial charge is 0.480 e. The van der Waals surface area contributed by atoms with Crippen molar-refractivity contribution in [3.8, 4) is 0 Å². The van der Waals surface area contributed by atoms with Gasteiger partial charge in [0.15, 0.2) is 0 Å². The van der Waals surface area contributed by atoms with E-state index in [9.17, 15) is 9.90 Å². The number of halogens is 1. The number of thioether (sulfide) groups is 1. The van der Waals surface area contributed by atoms with Crippen LogP contribution in [0.3, 0.4) is 0 Å². The molecule has 2 rings (SSSR count). The second-order valence-electron chi connectivity index (χ2n) is 5.03. The third-order valence-electron chi connectivity index (χ3n) is 3.27. The van der Waals surface area contributed by atoms with Crippen LogP contribution in [0.4, 0.5) is 0 Å². The zero-order valence-electron chi connectivity index (χ0n) is 12.0. The van der Waals surface area contributed by atoms with Gasteiger partial charge in [0.1, 0.15) is 5.25 Å². The minimum absolute atomic E-state index is 0.507. The van der Waals surface area contributed by atoms with Gasteiger partial charge in [-0.25, -0.2) is 0 Å². The van der Waals surface area contributed by atoms with Crippen LogP contribution in [-0.4, -0.2) is 16.3 Å². The van der Waals surface area contributed by atoms with Crippen molar-refractivity contribution < 1.29 is 9.90 Å². The van der Waals surface area contributed by atoms with Gasteiger partial charge in [0, 0.05) is 9.92 Å². The molecule has 2 aromatic carbocycles. The molecule has 0 saturated heterocycles. The molecular formula is C17H17ClO2S. The standard InChI is InChI=1S/C17H17ClO2S/c1-11-3-4-13(12(2)9-11)10-16(17(19)20)21-15-7-5-14(18)6-8-15/h3-9,16H,10H2,1-2H3,(H,19,20)/t16-/m1/s1. The van der Waals surface area contributed by atoms with Crippen molar-refractivity contribution in [1.82, 2.24) is 0 Å². The van der Waals surface area contributed by atoms with Gasteiger partial charge in [0.2, 0.25) is 0 Å². The Morgan fingerprint density at radius 1 is 1.19 bits per heavy atom. The predicted octanol–water partition coefficient (Wildman–Crippen LogP) is 4.74. The zero-order chi connectivity index (χ0) is 15.4. The van der Waals surface area contributed by atoms with E-state index in [2.05, 4.69) is 6.07 Å². The zero-order valence-corrected chi connectivity index (χ0v) is 13.5. The van der Waals surface area contributed by atoms with E-state index in [1.54, 1.807) is 12.1 Å². The number of aliphatic carboxylic acids is 1. The average molecular weight is 321 g/mol. The summed E-state index contributed by atoms with van der Waals surface area (Å²) < 4.78 is 0. The lowest BCUT2D eigenvalue weighted by molar-refractivity contribution is -0.136. The topological polar surface area (TPSA) is 37.3 Å². The van der Waals surface area contributed by atoms with E-state index < -0.39 is 11.2 Å². The molecule has 2 aromatic rings. The summed E-state index contributed by atoms with van der Waals surface area (Å²) in [6, 6.07) is 13.4. The molecule has 0 unspecified atom stereocenters. The van der Waals surface area contributed by atoms with Crippen LogP contribution in [0.5, 0.6) is 0 Å². The minimum Gasteiger partial charge on any atom is -0.480 e. The highest BCUT2D eigenvalue weighted by atomic mass is 35.5. The first-order chi connectivity index (χ1) is 9.95. The lowest BCUT2D eigenvalue weighted by Gasteiger charge is -2.14. The minimum atomic E-state index is -0.796. The molecule has 0 radical (unpaired) electrons. The highest BCUT2D eigenvalue weighted by Crippen LogP contribution is 2.28. The molecule has 0 spiro atoms. The summed E-state index contributed by atoms with van der Waals surface area (Å²) in [5.74, 6) is -0.796. The Hall–Kier alpha value is -1.45. The number of aryl methyl sites for hydroxylation is 2. The van der Waals surface area contributed by atoms with Crippen LogP contribution < -0.4 is 0 Å². The maximum atomic E-state index is 11.5. The van der Waals surface area contributed by atoms with E-state index in [1.165, 1.54) is 17.3 Å². The highest BCUT2D eigenvalue weighted by molar-refractivity contribution is 8.00. The van der Waals surface area contributed by atoms with Gasteiger partial charge in [-0.05, 0) is 55.7 Å². The van der Waals surface area contributed by atoms with Crippen molar-refractivity contribution in [3.63, 3.8) is 0 Å². The first kappa shape index (κ1) is 15.9. The second-order valence-corrected chi connectivity index (χ2v) is 6.75.